The van der Waals surface area contributed by atoms with Crippen LogP contribution < -0.4 is 5.73 Å². The average molecular weight is 407 g/mol. The van der Waals surface area contributed by atoms with Crippen molar-refractivity contribution in [1.82, 2.24) is 18.9 Å². The van der Waals surface area contributed by atoms with Crippen LogP contribution in [-0.2, 0) is 11.2 Å². The van der Waals surface area contributed by atoms with Gasteiger partial charge in [-0.05, 0) is 49.7 Å². The number of aliphatic hydroxyl groups is 1. The van der Waals surface area contributed by atoms with Crippen LogP contribution >= 0.6 is 0 Å². The molecule has 0 bridgehead atoms. The highest BCUT2D eigenvalue weighted by molar-refractivity contribution is 5.79. The first-order valence-corrected chi connectivity index (χ1v) is 9.66. The highest BCUT2D eigenvalue weighted by Gasteiger charge is 2.19. The Labute approximate surface area is 172 Å². The molecule has 0 saturated carbocycles. The molecule has 4 aromatic rings. The maximum Gasteiger partial charge on any atom is 0.223 e. The van der Waals surface area contributed by atoms with Crippen molar-refractivity contribution in [2.45, 2.75) is 25.8 Å². The van der Waals surface area contributed by atoms with Crippen LogP contribution in [0.1, 0.15) is 25.1 Å². The molecule has 3 heterocycles. The van der Waals surface area contributed by atoms with Crippen molar-refractivity contribution in [2.75, 3.05) is 6.61 Å². The van der Waals surface area contributed by atoms with Gasteiger partial charge < -0.3 is 19.8 Å². The standard InChI is InChI=1S/C22H22FN5O2/c1-14(8-9-29)28-13-26-21(15-2-5-17(23)6-3-15)22(28)16-4-7-20-25-11-18(10-19(24)30)27(20)12-16/h2-7,11-14,29H,8-10H2,1H3,(H2,24,30). The molecular formula is C22H22FN5O2. The van der Waals surface area contributed by atoms with Gasteiger partial charge in [-0.15, -0.1) is 0 Å². The average Bonchev–Trinajstić information content (AvgIpc) is 3.33. The maximum absolute atomic E-state index is 13.4. The van der Waals surface area contributed by atoms with Crippen molar-refractivity contribution in [3.05, 3.63) is 66.6 Å². The van der Waals surface area contributed by atoms with Crippen LogP contribution in [0.15, 0.2) is 55.1 Å². The number of nitrogens with two attached hydrogens (primary N) is 1. The molecule has 154 valence electrons. The van der Waals surface area contributed by atoms with Crippen LogP contribution in [0.5, 0.6) is 0 Å². The zero-order valence-electron chi connectivity index (χ0n) is 16.5. The molecule has 0 fully saturated rings. The fourth-order valence-electron chi connectivity index (χ4n) is 3.61. The highest BCUT2D eigenvalue weighted by atomic mass is 19.1. The molecule has 1 aromatic carbocycles. The third-order valence-corrected chi connectivity index (χ3v) is 5.14. The quantitative estimate of drug-likeness (QED) is 0.492. The molecule has 0 aliphatic carbocycles. The second-order valence-corrected chi connectivity index (χ2v) is 7.26. The van der Waals surface area contributed by atoms with Gasteiger partial charge in [0.25, 0.3) is 0 Å². The number of halogens is 1. The molecule has 3 N–H and O–H groups in total. The predicted molar refractivity (Wildman–Crippen MR) is 111 cm³/mol. The summed E-state index contributed by atoms with van der Waals surface area (Å²) in [7, 11) is 0. The minimum absolute atomic E-state index is 0.00438. The number of hydrogen-bond acceptors (Lipinski definition) is 4. The molecule has 8 heteroatoms. The first-order chi connectivity index (χ1) is 14.5. The normalized spacial score (nSPS) is 12.4. The zero-order valence-corrected chi connectivity index (χ0v) is 16.5. The van der Waals surface area contributed by atoms with Gasteiger partial charge in [-0.25, -0.2) is 14.4 Å². The summed E-state index contributed by atoms with van der Waals surface area (Å²) in [6.07, 6.45) is 5.90. The number of carbonyl (C=O) groups is 1. The molecule has 7 nitrogen and oxygen atoms in total. The minimum atomic E-state index is -0.434. The molecule has 0 spiro atoms. The van der Waals surface area contributed by atoms with Crippen LogP contribution in [-0.4, -0.2) is 36.6 Å². The Bertz CT molecular complexity index is 1200. The summed E-state index contributed by atoms with van der Waals surface area (Å²) in [5.41, 5.74) is 9.94. The third-order valence-electron chi connectivity index (χ3n) is 5.14. The fourth-order valence-corrected chi connectivity index (χ4v) is 3.61. The van der Waals surface area contributed by atoms with Crippen molar-refractivity contribution in [3.8, 4) is 22.5 Å². The molecule has 30 heavy (non-hydrogen) atoms. The first-order valence-electron chi connectivity index (χ1n) is 9.66. The monoisotopic (exact) mass is 407 g/mol. The van der Waals surface area contributed by atoms with Crippen LogP contribution in [0.2, 0.25) is 0 Å². The topological polar surface area (TPSA) is 98.4 Å². The number of aliphatic hydroxyl groups excluding tert-OH is 1. The number of fused-ring (bicyclic) bond motifs is 1. The first kappa shape index (κ1) is 19.8. The lowest BCUT2D eigenvalue weighted by molar-refractivity contribution is -0.117. The van der Waals surface area contributed by atoms with Gasteiger partial charge >= 0.3 is 0 Å². The summed E-state index contributed by atoms with van der Waals surface area (Å²) >= 11 is 0. The predicted octanol–water partition coefficient (Wildman–Crippen LogP) is 2.98. The molecule has 3 aromatic heterocycles. The lowest BCUT2D eigenvalue weighted by Crippen LogP contribution is -2.15. The number of amides is 1. The van der Waals surface area contributed by atoms with Crippen LogP contribution in [0.3, 0.4) is 0 Å². The molecule has 1 amide bonds. The molecule has 1 atom stereocenters. The van der Waals surface area contributed by atoms with Crippen LogP contribution in [0, 0.1) is 5.82 Å². The highest BCUT2D eigenvalue weighted by Crippen LogP contribution is 2.34. The van der Waals surface area contributed by atoms with E-state index in [0.717, 1.165) is 16.8 Å². The van der Waals surface area contributed by atoms with Gasteiger partial charge in [0, 0.05) is 36.2 Å². The van der Waals surface area contributed by atoms with E-state index in [9.17, 15) is 14.3 Å². The van der Waals surface area contributed by atoms with E-state index in [1.54, 1.807) is 24.7 Å². The van der Waals surface area contributed by atoms with Gasteiger partial charge in [0.15, 0.2) is 0 Å². The summed E-state index contributed by atoms with van der Waals surface area (Å²) in [6, 6.07) is 9.98. The number of benzene rings is 1. The second kappa shape index (κ2) is 8.08. The fraction of sp³-hybridized carbons (Fsp3) is 0.227. The van der Waals surface area contributed by atoms with Gasteiger partial charge in [0.1, 0.15) is 11.5 Å². The molecule has 0 aliphatic rings. The van der Waals surface area contributed by atoms with E-state index in [2.05, 4.69) is 9.97 Å². The molecule has 0 radical (unpaired) electrons. The van der Waals surface area contributed by atoms with Crippen LogP contribution in [0.4, 0.5) is 4.39 Å². The summed E-state index contributed by atoms with van der Waals surface area (Å²) in [4.78, 5) is 20.3. The third kappa shape index (κ3) is 3.69. The van der Waals surface area contributed by atoms with E-state index >= 15 is 0 Å². The Kier molecular flexibility index (Phi) is 5.33. The number of hydrogen-bond donors (Lipinski definition) is 2. The van der Waals surface area contributed by atoms with Gasteiger partial charge in [0.05, 0.1) is 29.8 Å². The zero-order chi connectivity index (χ0) is 21.3. The lowest BCUT2D eigenvalue weighted by Gasteiger charge is -2.17. The summed E-state index contributed by atoms with van der Waals surface area (Å²) < 4.78 is 17.3. The minimum Gasteiger partial charge on any atom is -0.396 e. The Morgan fingerprint density at radius 3 is 2.60 bits per heavy atom. The second-order valence-electron chi connectivity index (χ2n) is 7.26. The largest absolute Gasteiger partial charge is 0.396 e. The van der Waals surface area contributed by atoms with E-state index in [1.807, 2.05) is 34.2 Å². The van der Waals surface area contributed by atoms with E-state index in [4.69, 9.17) is 5.73 Å². The van der Waals surface area contributed by atoms with Crippen molar-refractivity contribution in [3.63, 3.8) is 0 Å². The van der Waals surface area contributed by atoms with E-state index in [1.165, 1.54) is 12.1 Å². The Morgan fingerprint density at radius 1 is 1.17 bits per heavy atom. The number of rotatable bonds is 7. The van der Waals surface area contributed by atoms with Crippen molar-refractivity contribution in [1.29, 1.82) is 0 Å². The number of primary amides is 1. The molecule has 0 saturated heterocycles. The van der Waals surface area contributed by atoms with Gasteiger partial charge in [-0.2, -0.15) is 0 Å². The van der Waals surface area contributed by atoms with E-state index in [0.29, 0.717) is 23.5 Å². The smallest absolute Gasteiger partial charge is 0.223 e. The van der Waals surface area contributed by atoms with Gasteiger partial charge in [0.2, 0.25) is 5.91 Å². The summed E-state index contributed by atoms with van der Waals surface area (Å²) in [5, 5.41) is 9.42. The molecular weight excluding hydrogens is 385 g/mol. The number of pyridine rings is 1. The van der Waals surface area contributed by atoms with Crippen molar-refractivity contribution >= 4 is 11.6 Å². The lowest BCUT2D eigenvalue weighted by atomic mass is 10.0. The SMILES string of the molecule is CC(CCO)n1cnc(-c2ccc(F)cc2)c1-c1ccc2ncc(CC(N)=O)n2c1. The van der Waals surface area contributed by atoms with Gasteiger partial charge in [-0.3, -0.25) is 4.79 Å². The van der Waals surface area contributed by atoms with E-state index < -0.39 is 5.91 Å². The Balaban J connectivity index is 1.90. The number of carbonyl (C=O) groups excluding carboxylic acids is 1. The summed E-state index contributed by atoms with van der Waals surface area (Å²) in [6.45, 7) is 2.05. The molecule has 0 aliphatic heterocycles. The van der Waals surface area contributed by atoms with Crippen LogP contribution in [0.25, 0.3) is 28.2 Å². The van der Waals surface area contributed by atoms with Crippen molar-refractivity contribution < 1.29 is 14.3 Å². The Hall–Kier alpha value is -3.52. The summed E-state index contributed by atoms with van der Waals surface area (Å²) in [5.74, 6) is -0.750. The van der Waals surface area contributed by atoms with Crippen molar-refractivity contribution in [2.24, 2.45) is 5.73 Å². The number of imidazole rings is 2. The van der Waals surface area contributed by atoms with E-state index in [-0.39, 0.29) is 24.9 Å². The number of aromatic nitrogens is 4. The number of nitrogens with zero attached hydrogens (tertiary/aromatic N) is 4. The molecule has 1 unspecified atom stereocenters. The maximum atomic E-state index is 13.4. The molecule has 4 rings (SSSR count). The Morgan fingerprint density at radius 2 is 1.90 bits per heavy atom. The van der Waals surface area contributed by atoms with Gasteiger partial charge in [-0.1, -0.05) is 0 Å².